The Kier molecular flexibility index (Phi) is 4.31. The van der Waals surface area contributed by atoms with E-state index in [0.717, 1.165) is 25.3 Å². The maximum Gasteiger partial charge on any atom is 0.241 e. The second kappa shape index (κ2) is 5.97. The minimum absolute atomic E-state index is 0.197. The molecule has 0 spiro atoms. The summed E-state index contributed by atoms with van der Waals surface area (Å²) in [4.78, 5) is 19.1. The highest BCUT2D eigenvalue weighted by atomic mass is 35.5. The van der Waals surface area contributed by atoms with Gasteiger partial charge in [0.15, 0.2) is 0 Å². The molecule has 6 nitrogen and oxygen atoms in total. The third kappa shape index (κ3) is 2.84. The van der Waals surface area contributed by atoms with Crippen molar-refractivity contribution in [2.75, 3.05) is 18.0 Å². The van der Waals surface area contributed by atoms with Crippen molar-refractivity contribution in [1.82, 2.24) is 24.5 Å². The Morgan fingerprint density at radius 3 is 2.53 bits per heavy atom. The van der Waals surface area contributed by atoms with Crippen LogP contribution in [0.2, 0.25) is 5.28 Å². The summed E-state index contributed by atoms with van der Waals surface area (Å²) < 4.78 is 1.83. The van der Waals surface area contributed by atoms with Gasteiger partial charge in [-0.3, -0.25) is 4.57 Å². The molecule has 0 aromatic carbocycles. The Morgan fingerprint density at radius 1 is 1.16 bits per heavy atom. The number of aromatic nitrogens is 5. The Labute approximate surface area is 117 Å². The fourth-order valence-electron chi connectivity index (χ4n) is 1.86. The van der Waals surface area contributed by atoms with E-state index in [1.165, 1.54) is 0 Å². The normalized spacial score (nSPS) is 10.7. The van der Waals surface area contributed by atoms with Crippen LogP contribution in [0, 0.1) is 0 Å². The molecule has 0 aliphatic carbocycles. The Bertz CT molecular complexity index is 549. The van der Waals surface area contributed by atoms with Gasteiger partial charge in [0, 0.05) is 31.9 Å². The van der Waals surface area contributed by atoms with Crippen molar-refractivity contribution in [1.29, 1.82) is 0 Å². The number of aryl methyl sites for hydroxylation is 1. The zero-order chi connectivity index (χ0) is 13.8. The molecule has 0 aliphatic heterocycles. The zero-order valence-corrected chi connectivity index (χ0v) is 12.1. The van der Waals surface area contributed by atoms with Crippen LogP contribution >= 0.6 is 11.6 Å². The van der Waals surface area contributed by atoms with E-state index in [0.29, 0.717) is 11.9 Å². The summed E-state index contributed by atoms with van der Waals surface area (Å²) in [6.45, 7) is 7.78. The van der Waals surface area contributed by atoms with E-state index in [1.807, 2.05) is 22.6 Å². The lowest BCUT2D eigenvalue weighted by atomic mass is 10.4. The van der Waals surface area contributed by atoms with E-state index in [-0.39, 0.29) is 5.28 Å². The fraction of sp³-hybridized carbons (Fsp3) is 0.500. The second-order valence-electron chi connectivity index (χ2n) is 3.94. The molecule has 2 aromatic rings. The first kappa shape index (κ1) is 13.7. The van der Waals surface area contributed by atoms with E-state index in [4.69, 9.17) is 11.6 Å². The van der Waals surface area contributed by atoms with Crippen LogP contribution in [-0.4, -0.2) is 37.6 Å². The van der Waals surface area contributed by atoms with Gasteiger partial charge in [-0.1, -0.05) is 6.92 Å². The van der Waals surface area contributed by atoms with Crippen molar-refractivity contribution in [3.05, 3.63) is 23.5 Å². The molecule has 19 heavy (non-hydrogen) atoms. The first-order valence-electron chi connectivity index (χ1n) is 6.38. The van der Waals surface area contributed by atoms with Crippen LogP contribution in [0.5, 0.6) is 0 Å². The molecule has 0 aliphatic rings. The van der Waals surface area contributed by atoms with Crippen LogP contribution in [0.3, 0.4) is 0 Å². The standard InChI is InChI=1S/C12H17ClN6/c1-4-9-14-7-8-19(9)12-16-10(13)15-11(17-12)18(5-2)6-3/h7-8H,4-6H2,1-3H3. The monoisotopic (exact) mass is 280 g/mol. The lowest BCUT2D eigenvalue weighted by molar-refractivity contribution is 0.777. The highest BCUT2D eigenvalue weighted by Crippen LogP contribution is 2.14. The van der Waals surface area contributed by atoms with Crippen molar-refractivity contribution in [3.8, 4) is 5.95 Å². The van der Waals surface area contributed by atoms with Gasteiger partial charge in [-0.2, -0.15) is 15.0 Å². The molecule has 2 rings (SSSR count). The van der Waals surface area contributed by atoms with Crippen LogP contribution in [0.4, 0.5) is 5.95 Å². The second-order valence-corrected chi connectivity index (χ2v) is 4.28. The Balaban J connectivity index is 2.47. The van der Waals surface area contributed by atoms with E-state index < -0.39 is 0 Å². The molecule has 0 saturated carbocycles. The summed E-state index contributed by atoms with van der Waals surface area (Å²) in [6.07, 6.45) is 4.36. The van der Waals surface area contributed by atoms with Gasteiger partial charge in [0.1, 0.15) is 5.82 Å². The molecule has 2 aromatic heterocycles. The average Bonchev–Trinajstić information content (AvgIpc) is 2.88. The predicted molar refractivity (Wildman–Crippen MR) is 74.9 cm³/mol. The van der Waals surface area contributed by atoms with Gasteiger partial charge in [0.25, 0.3) is 0 Å². The Hall–Kier alpha value is -1.69. The molecule has 0 bridgehead atoms. The third-order valence-corrected chi connectivity index (χ3v) is 3.05. The van der Waals surface area contributed by atoms with Gasteiger partial charge in [-0.05, 0) is 25.4 Å². The lowest BCUT2D eigenvalue weighted by Crippen LogP contribution is -2.25. The van der Waals surface area contributed by atoms with E-state index in [2.05, 4.69) is 33.8 Å². The molecule has 7 heteroatoms. The van der Waals surface area contributed by atoms with Crippen LogP contribution < -0.4 is 4.90 Å². The number of imidazole rings is 1. The number of anilines is 1. The quantitative estimate of drug-likeness (QED) is 0.840. The average molecular weight is 281 g/mol. The molecular formula is C12H17ClN6. The van der Waals surface area contributed by atoms with Crippen molar-refractivity contribution >= 4 is 17.5 Å². The highest BCUT2D eigenvalue weighted by Gasteiger charge is 2.13. The minimum Gasteiger partial charge on any atom is -0.341 e. The number of rotatable bonds is 5. The van der Waals surface area contributed by atoms with Crippen LogP contribution in [0.25, 0.3) is 5.95 Å². The molecule has 2 heterocycles. The summed E-state index contributed by atoms with van der Waals surface area (Å²) in [6, 6.07) is 0. The smallest absolute Gasteiger partial charge is 0.241 e. The molecule has 0 radical (unpaired) electrons. The third-order valence-electron chi connectivity index (χ3n) is 2.88. The lowest BCUT2D eigenvalue weighted by Gasteiger charge is -2.18. The molecule has 0 amide bonds. The summed E-state index contributed by atoms with van der Waals surface area (Å²) in [5, 5.41) is 0.197. The topological polar surface area (TPSA) is 59.7 Å². The number of hydrogen-bond donors (Lipinski definition) is 0. The van der Waals surface area contributed by atoms with Crippen molar-refractivity contribution in [3.63, 3.8) is 0 Å². The minimum atomic E-state index is 0.197. The summed E-state index contributed by atoms with van der Waals surface area (Å²) in [5.74, 6) is 2.00. The first-order chi connectivity index (χ1) is 9.19. The zero-order valence-electron chi connectivity index (χ0n) is 11.3. The first-order valence-corrected chi connectivity index (χ1v) is 6.76. The Morgan fingerprint density at radius 2 is 1.89 bits per heavy atom. The maximum absolute atomic E-state index is 6.00. The van der Waals surface area contributed by atoms with Crippen molar-refractivity contribution in [2.45, 2.75) is 27.2 Å². The summed E-state index contributed by atoms with van der Waals surface area (Å²) in [5.41, 5.74) is 0. The maximum atomic E-state index is 6.00. The summed E-state index contributed by atoms with van der Waals surface area (Å²) in [7, 11) is 0. The SMILES string of the molecule is CCc1nccn1-c1nc(Cl)nc(N(CC)CC)n1. The van der Waals surface area contributed by atoms with Gasteiger partial charge < -0.3 is 4.90 Å². The van der Waals surface area contributed by atoms with Gasteiger partial charge in [-0.25, -0.2) is 4.98 Å². The number of nitrogens with zero attached hydrogens (tertiary/aromatic N) is 6. The van der Waals surface area contributed by atoms with E-state index in [1.54, 1.807) is 6.20 Å². The molecule has 0 atom stereocenters. The fourth-order valence-corrected chi connectivity index (χ4v) is 2.01. The molecule has 102 valence electrons. The van der Waals surface area contributed by atoms with Crippen LogP contribution in [0.1, 0.15) is 26.6 Å². The van der Waals surface area contributed by atoms with Crippen LogP contribution in [-0.2, 0) is 6.42 Å². The predicted octanol–water partition coefficient (Wildman–Crippen LogP) is 2.12. The number of halogens is 1. The van der Waals surface area contributed by atoms with E-state index >= 15 is 0 Å². The van der Waals surface area contributed by atoms with Crippen LogP contribution in [0.15, 0.2) is 12.4 Å². The molecule has 0 N–H and O–H groups in total. The van der Waals surface area contributed by atoms with E-state index in [9.17, 15) is 0 Å². The molecule has 0 fully saturated rings. The molecule has 0 unspecified atom stereocenters. The molecular weight excluding hydrogens is 264 g/mol. The molecule has 0 saturated heterocycles. The van der Waals surface area contributed by atoms with Gasteiger partial charge in [0.2, 0.25) is 17.2 Å². The van der Waals surface area contributed by atoms with Gasteiger partial charge in [-0.15, -0.1) is 0 Å². The van der Waals surface area contributed by atoms with Gasteiger partial charge in [0.05, 0.1) is 0 Å². The number of hydrogen-bond acceptors (Lipinski definition) is 5. The van der Waals surface area contributed by atoms with Crippen molar-refractivity contribution in [2.24, 2.45) is 0 Å². The highest BCUT2D eigenvalue weighted by molar-refractivity contribution is 6.28. The summed E-state index contributed by atoms with van der Waals surface area (Å²) >= 11 is 6.00. The van der Waals surface area contributed by atoms with Crippen molar-refractivity contribution < 1.29 is 0 Å². The largest absolute Gasteiger partial charge is 0.341 e. The van der Waals surface area contributed by atoms with Gasteiger partial charge >= 0.3 is 0 Å².